The van der Waals surface area contributed by atoms with Crippen LogP contribution < -0.4 is 0 Å². The number of benzene rings is 1. The van der Waals surface area contributed by atoms with E-state index < -0.39 is 84.4 Å². The second-order valence-electron chi connectivity index (χ2n) is 7.31. The van der Waals surface area contributed by atoms with Crippen LogP contribution in [0.15, 0.2) is 34.5 Å². The minimum atomic E-state index is -3.68. The molecule has 2 N–H and O–H groups in total. The van der Waals surface area contributed by atoms with Gasteiger partial charge in [-0.05, 0) is 24.3 Å². The van der Waals surface area contributed by atoms with Gasteiger partial charge < -0.3 is 10.2 Å². The summed E-state index contributed by atoms with van der Waals surface area (Å²) in [6.45, 7) is 0. The number of alkyl halides is 8. The van der Waals surface area contributed by atoms with Crippen LogP contribution in [0.5, 0.6) is 0 Å². The molecule has 0 aromatic heterocycles. The molecule has 0 spiro atoms. The minimum absolute atomic E-state index is 0.231. The Kier molecular flexibility index (Phi) is 6.67. The summed E-state index contributed by atoms with van der Waals surface area (Å²) in [6, 6.07) is 3.14. The van der Waals surface area contributed by atoms with E-state index in [4.69, 9.17) is 0 Å². The summed E-state index contributed by atoms with van der Waals surface area (Å²) < 4.78 is 105. The van der Waals surface area contributed by atoms with E-state index in [0.717, 1.165) is 24.3 Å². The summed E-state index contributed by atoms with van der Waals surface area (Å²) in [7, 11) is 0. The van der Waals surface area contributed by atoms with Gasteiger partial charge in [-0.1, -0.05) is 0 Å². The van der Waals surface area contributed by atoms with Crippen molar-refractivity contribution < 1.29 is 54.9 Å². The van der Waals surface area contributed by atoms with Crippen molar-refractivity contribution in [1.29, 1.82) is 0 Å². The molecule has 2 heterocycles. The number of hydrazone groups is 2. The summed E-state index contributed by atoms with van der Waals surface area (Å²) in [5, 5.41) is 25.7. The molecular weight excluding hydrogens is 488 g/mol. The Morgan fingerprint density at radius 2 is 1.00 bits per heavy atom. The third kappa shape index (κ3) is 4.22. The lowest BCUT2D eigenvalue weighted by molar-refractivity contribution is -0.164. The van der Waals surface area contributed by atoms with Crippen molar-refractivity contribution in [2.45, 2.75) is 50.0 Å². The lowest BCUT2D eigenvalue weighted by atomic mass is 10.0. The van der Waals surface area contributed by atoms with E-state index >= 15 is 0 Å². The fraction of sp³-hybridized carbons (Fsp3) is 0.444. The van der Waals surface area contributed by atoms with Crippen LogP contribution in [0.2, 0.25) is 0 Å². The topological polar surface area (TPSA) is 106 Å². The standard InChI is InChI=1S/C18H14F8N4O4/c19-11(20)9-5-17(33,15(23)24)29(27-9)13(31)7-1-2-8(4-3-7)14(32)30-18(34,16(25)26)6-10(28-30)12(21)22/h1-4,11-12,15-16,33-34H,5-6H2/t17-,18+. The van der Waals surface area contributed by atoms with E-state index in [1.54, 1.807) is 0 Å². The summed E-state index contributed by atoms with van der Waals surface area (Å²) >= 11 is 0. The second-order valence-corrected chi connectivity index (χ2v) is 7.31. The molecule has 0 saturated heterocycles. The van der Waals surface area contributed by atoms with Crippen LogP contribution >= 0.6 is 0 Å². The van der Waals surface area contributed by atoms with Crippen LogP contribution in [0.1, 0.15) is 33.6 Å². The summed E-state index contributed by atoms with van der Waals surface area (Å²) in [4.78, 5) is 25.0. The fourth-order valence-corrected chi connectivity index (χ4v) is 3.21. The van der Waals surface area contributed by atoms with Gasteiger partial charge in [-0.25, -0.2) is 35.1 Å². The third-order valence-corrected chi connectivity index (χ3v) is 5.04. The number of hydrogen-bond donors (Lipinski definition) is 2. The van der Waals surface area contributed by atoms with Gasteiger partial charge in [0.15, 0.2) is 0 Å². The van der Waals surface area contributed by atoms with E-state index in [0.29, 0.717) is 0 Å². The van der Waals surface area contributed by atoms with Crippen LogP contribution in [0.4, 0.5) is 35.1 Å². The molecule has 2 amide bonds. The lowest BCUT2D eigenvalue weighted by Crippen LogP contribution is -2.52. The summed E-state index contributed by atoms with van der Waals surface area (Å²) in [6.07, 6.45) is -16.7. The van der Waals surface area contributed by atoms with Gasteiger partial charge in [0, 0.05) is 24.0 Å². The first-order chi connectivity index (χ1) is 15.7. The highest BCUT2D eigenvalue weighted by atomic mass is 19.3. The molecule has 2 atom stereocenters. The molecular formula is C18H14F8N4O4. The first-order valence-corrected chi connectivity index (χ1v) is 9.23. The van der Waals surface area contributed by atoms with Gasteiger partial charge in [-0.15, -0.1) is 0 Å². The predicted molar refractivity (Wildman–Crippen MR) is 96.8 cm³/mol. The molecule has 1 aromatic rings. The van der Waals surface area contributed by atoms with Gasteiger partial charge in [0.1, 0.15) is 11.4 Å². The Labute approximate surface area is 184 Å². The zero-order valence-corrected chi connectivity index (χ0v) is 16.6. The molecule has 0 unspecified atom stereocenters. The zero-order valence-electron chi connectivity index (χ0n) is 16.6. The van der Waals surface area contributed by atoms with E-state index in [9.17, 15) is 54.9 Å². The Hall–Kier alpha value is -3.14. The monoisotopic (exact) mass is 502 g/mol. The Morgan fingerprint density at radius 1 is 0.706 bits per heavy atom. The van der Waals surface area contributed by atoms with Gasteiger partial charge in [0.25, 0.3) is 37.5 Å². The predicted octanol–water partition coefficient (Wildman–Crippen LogP) is 2.53. The van der Waals surface area contributed by atoms with Gasteiger partial charge in [0.2, 0.25) is 11.4 Å². The Balaban J connectivity index is 1.88. The van der Waals surface area contributed by atoms with E-state index in [1.807, 2.05) is 0 Å². The van der Waals surface area contributed by atoms with E-state index in [-0.39, 0.29) is 10.0 Å². The van der Waals surface area contributed by atoms with Crippen LogP contribution in [0, 0.1) is 0 Å². The summed E-state index contributed by atoms with van der Waals surface area (Å²) in [5.41, 5.74) is -10.1. The highest BCUT2D eigenvalue weighted by Crippen LogP contribution is 2.36. The normalized spacial score (nSPS) is 25.1. The van der Waals surface area contributed by atoms with Crippen molar-refractivity contribution in [2.24, 2.45) is 10.2 Å². The van der Waals surface area contributed by atoms with Crippen molar-refractivity contribution >= 4 is 23.2 Å². The van der Waals surface area contributed by atoms with E-state index in [2.05, 4.69) is 10.2 Å². The SMILES string of the molecule is O=C(c1ccc(C(=O)N2N=C(C(F)F)C[C@]2(O)C(F)F)cc1)N1N=C(C(F)F)C[C@@]1(O)C(F)F. The molecule has 0 aliphatic carbocycles. The van der Waals surface area contributed by atoms with Crippen LogP contribution in [-0.2, 0) is 0 Å². The van der Waals surface area contributed by atoms with Crippen LogP contribution in [0.25, 0.3) is 0 Å². The molecule has 186 valence electrons. The minimum Gasteiger partial charge on any atom is -0.364 e. The molecule has 3 rings (SSSR count). The number of amides is 2. The van der Waals surface area contributed by atoms with Crippen molar-refractivity contribution in [1.82, 2.24) is 10.0 Å². The molecule has 2 aliphatic rings. The maximum Gasteiger partial charge on any atom is 0.287 e. The lowest BCUT2D eigenvalue weighted by Gasteiger charge is -2.30. The smallest absolute Gasteiger partial charge is 0.287 e. The number of nitrogens with zero attached hydrogens (tertiary/aromatic N) is 4. The van der Waals surface area contributed by atoms with Gasteiger partial charge in [0.05, 0.1) is 0 Å². The molecule has 8 nitrogen and oxygen atoms in total. The molecule has 0 radical (unpaired) electrons. The second kappa shape index (κ2) is 8.90. The maximum atomic E-state index is 13.3. The number of hydrogen-bond acceptors (Lipinski definition) is 6. The fourth-order valence-electron chi connectivity index (χ4n) is 3.21. The van der Waals surface area contributed by atoms with Gasteiger partial charge in [-0.2, -0.15) is 20.2 Å². The zero-order chi connectivity index (χ0) is 25.6. The molecule has 16 heteroatoms. The number of carbonyl (C=O) groups excluding carboxylic acids is 2. The highest BCUT2D eigenvalue weighted by molar-refractivity contribution is 6.01. The van der Waals surface area contributed by atoms with E-state index in [1.165, 1.54) is 0 Å². The van der Waals surface area contributed by atoms with Gasteiger partial charge in [-0.3, -0.25) is 9.59 Å². The molecule has 34 heavy (non-hydrogen) atoms. The van der Waals surface area contributed by atoms with Crippen molar-refractivity contribution in [3.63, 3.8) is 0 Å². The van der Waals surface area contributed by atoms with Gasteiger partial charge >= 0.3 is 0 Å². The first kappa shape index (κ1) is 25.5. The average Bonchev–Trinajstić information content (AvgIpc) is 3.32. The number of carbonyl (C=O) groups is 2. The average molecular weight is 502 g/mol. The Morgan fingerprint density at radius 3 is 1.24 bits per heavy atom. The summed E-state index contributed by atoms with van der Waals surface area (Å²) in [5.74, 6) is -2.92. The molecule has 0 bridgehead atoms. The quantitative estimate of drug-likeness (QED) is 0.584. The van der Waals surface area contributed by atoms with Crippen LogP contribution in [0.3, 0.4) is 0 Å². The number of halogens is 8. The third-order valence-electron chi connectivity index (χ3n) is 5.04. The van der Waals surface area contributed by atoms with Crippen molar-refractivity contribution in [3.8, 4) is 0 Å². The highest BCUT2D eigenvalue weighted by Gasteiger charge is 2.54. The number of aliphatic hydroxyl groups is 2. The molecule has 0 saturated carbocycles. The number of rotatable bonds is 6. The van der Waals surface area contributed by atoms with Crippen molar-refractivity contribution in [3.05, 3.63) is 35.4 Å². The molecule has 2 aliphatic heterocycles. The maximum absolute atomic E-state index is 13.3. The first-order valence-electron chi connectivity index (χ1n) is 9.23. The van der Waals surface area contributed by atoms with Crippen LogP contribution in [-0.4, -0.2) is 80.6 Å². The molecule has 0 fully saturated rings. The Bertz CT molecular complexity index is 954. The van der Waals surface area contributed by atoms with Crippen molar-refractivity contribution in [2.75, 3.05) is 0 Å². The largest absolute Gasteiger partial charge is 0.364 e. The molecule has 1 aromatic carbocycles.